The van der Waals surface area contributed by atoms with E-state index in [1.165, 1.54) is 18.1 Å². The first kappa shape index (κ1) is 18.1. The first-order valence-electron chi connectivity index (χ1n) is 7.59. The molecular weight excluding hydrogens is 320 g/mol. The predicted octanol–water partition coefficient (Wildman–Crippen LogP) is 3.55. The number of benzene rings is 2. The molecule has 0 bridgehead atoms. The van der Waals surface area contributed by atoms with Crippen LogP contribution in [-0.4, -0.2) is 33.3 Å². The molecule has 25 heavy (non-hydrogen) atoms. The van der Waals surface area contributed by atoms with Gasteiger partial charge in [0, 0.05) is 30.1 Å². The molecule has 0 atom stereocenters. The van der Waals surface area contributed by atoms with Crippen molar-refractivity contribution in [3.63, 3.8) is 0 Å². The molecule has 0 saturated carbocycles. The number of methoxy groups -OCH3 is 2. The first-order valence-corrected chi connectivity index (χ1v) is 7.59. The lowest BCUT2D eigenvalue weighted by Crippen LogP contribution is -2.25. The summed E-state index contributed by atoms with van der Waals surface area (Å²) in [6, 6.07) is 14.3. The highest BCUT2D eigenvalue weighted by atomic mass is 16.5. The van der Waals surface area contributed by atoms with Gasteiger partial charge in [-0.2, -0.15) is 0 Å². The number of para-hydroxylation sites is 1. The summed E-state index contributed by atoms with van der Waals surface area (Å²) < 4.78 is 9.89. The Morgan fingerprint density at radius 3 is 2.36 bits per heavy atom. The topological polar surface area (TPSA) is 67.9 Å². The maximum atomic E-state index is 12.0. The molecule has 0 aliphatic heterocycles. The van der Waals surface area contributed by atoms with Crippen molar-refractivity contribution in [3.8, 4) is 5.75 Å². The molecule has 130 valence electrons. The molecule has 1 N–H and O–H groups in total. The van der Waals surface area contributed by atoms with Crippen molar-refractivity contribution < 1.29 is 19.1 Å². The van der Waals surface area contributed by atoms with Gasteiger partial charge in [-0.1, -0.05) is 18.2 Å². The minimum atomic E-state index is -0.462. The molecular formula is C19H20N2O4. The smallest absolute Gasteiger partial charge is 0.413 e. The van der Waals surface area contributed by atoms with Gasteiger partial charge in [0.25, 0.3) is 0 Å². The second kappa shape index (κ2) is 8.54. The van der Waals surface area contributed by atoms with Crippen LogP contribution in [0.5, 0.6) is 5.75 Å². The molecule has 0 aromatic heterocycles. The van der Waals surface area contributed by atoms with E-state index in [0.717, 1.165) is 5.56 Å². The summed E-state index contributed by atoms with van der Waals surface area (Å²) in [5, 5.41) is 2.76. The van der Waals surface area contributed by atoms with Crippen molar-refractivity contribution in [1.29, 1.82) is 0 Å². The van der Waals surface area contributed by atoms with Gasteiger partial charge in [-0.25, -0.2) is 4.79 Å². The van der Waals surface area contributed by atoms with Crippen molar-refractivity contribution in [1.82, 2.24) is 0 Å². The number of anilines is 2. The van der Waals surface area contributed by atoms with Crippen LogP contribution in [0.15, 0.2) is 54.6 Å². The van der Waals surface area contributed by atoms with E-state index in [1.807, 2.05) is 24.3 Å². The van der Waals surface area contributed by atoms with Crippen molar-refractivity contribution in [2.24, 2.45) is 0 Å². The van der Waals surface area contributed by atoms with Crippen LogP contribution in [-0.2, 0) is 9.53 Å². The van der Waals surface area contributed by atoms with E-state index >= 15 is 0 Å². The number of amides is 2. The van der Waals surface area contributed by atoms with Gasteiger partial charge in [0.05, 0.1) is 14.2 Å². The third kappa shape index (κ3) is 4.84. The van der Waals surface area contributed by atoms with Gasteiger partial charge >= 0.3 is 6.09 Å². The zero-order valence-corrected chi connectivity index (χ0v) is 14.4. The predicted molar refractivity (Wildman–Crippen MR) is 97.9 cm³/mol. The van der Waals surface area contributed by atoms with Crippen LogP contribution in [0.1, 0.15) is 5.56 Å². The van der Waals surface area contributed by atoms with Gasteiger partial charge in [0.1, 0.15) is 5.75 Å². The normalized spacial score (nSPS) is 10.4. The Hall–Kier alpha value is -3.28. The molecule has 0 radical (unpaired) electrons. The first-order chi connectivity index (χ1) is 12.0. The number of rotatable bonds is 5. The molecule has 2 rings (SSSR count). The Kier molecular flexibility index (Phi) is 6.17. The molecule has 0 saturated heterocycles. The van der Waals surface area contributed by atoms with Crippen LogP contribution in [0.2, 0.25) is 0 Å². The molecule has 0 fully saturated rings. The lowest BCUT2D eigenvalue weighted by atomic mass is 10.2. The Morgan fingerprint density at radius 1 is 1.04 bits per heavy atom. The van der Waals surface area contributed by atoms with Gasteiger partial charge in [0.2, 0.25) is 5.91 Å². The van der Waals surface area contributed by atoms with E-state index in [0.29, 0.717) is 17.1 Å². The fourth-order valence-corrected chi connectivity index (χ4v) is 2.16. The molecule has 0 unspecified atom stereocenters. The van der Waals surface area contributed by atoms with E-state index in [2.05, 4.69) is 10.1 Å². The molecule has 2 aromatic carbocycles. The van der Waals surface area contributed by atoms with Gasteiger partial charge in [-0.3, -0.25) is 9.69 Å². The van der Waals surface area contributed by atoms with E-state index in [4.69, 9.17) is 4.74 Å². The maximum Gasteiger partial charge on any atom is 0.413 e. The summed E-state index contributed by atoms with van der Waals surface area (Å²) in [5.74, 6) is 0.432. The fourth-order valence-electron chi connectivity index (χ4n) is 2.16. The van der Waals surface area contributed by atoms with Gasteiger partial charge in [-0.15, -0.1) is 0 Å². The number of carbonyl (C=O) groups is 2. The lowest BCUT2D eigenvalue weighted by Gasteiger charge is -2.15. The van der Waals surface area contributed by atoms with Gasteiger partial charge in [-0.05, 0) is 36.4 Å². The summed E-state index contributed by atoms with van der Waals surface area (Å²) in [6.07, 6.45) is 2.66. The highest BCUT2D eigenvalue weighted by Gasteiger charge is 2.10. The van der Waals surface area contributed by atoms with Crippen molar-refractivity contribution in [2.45, 2.75) is 0 Å². The summed E-state index contributed by atoms with van der Waals surface area (Å²) in [4.78, 5) is 24.9. The van der Waals surface area contributed by atoms with Crippen LogP contribution in [0.3, 0.4) is 0 Å². The SMILES string of the molecule is COC(=O)N(C)c1ccc(NC(=O)C=Cc2ccccc2OC)cc1. The molecule has 2 amide bonds. The molecule has 0 heterocycles. The largest absolute Gasteiger partial charge is 0.496 e. The molecule has 6 nitrogen and oxygen atoms in total. The Labute approximate surface area is 146 Å². The minimum absolute atomic E-state index is 0.264. The highest BCUT2D eigenvalue weighted by Crippen LogP contribution is 2.19. The minimum Gasteiger partial charge on any atom is -0.496 e. The van der Waals surface area contributed by atoms with Gasteiger partial charge < -0.3 is 14.8 Å². The Balaban J connectivity index is 2.01. The number of nitrogens with zero attached hydrogens (tertiary/aromatic N) is 1. The lowest BCUT2D eigenvalue weighted by molar-refractivity contribution is -0.111. The van der Waals surface area contributed by atoms with Crippen LogP contribution in [0.4, 0.5) is 16.2 Å². The number of nitrogens with one attached hydrogen (secondary N) is 1. The van der Waals surface area contributed by atoms with E-state index in [1.54, 1.807) is 44.5 Å². The highest BCUT2D eigenvalue weighted by molar-refractivity contribution is 6.02. The number of carbonyl (C=O) groups excluding carboxylic acids is 2. The maximum absolute atomic E-state index is 12.0. The van der Waals surface area contributed by atoms with Crippen molar-refractivity contribution in [2.75, 3.05) is 31.5 Å². The van der Waals surface area contributed by atoms with E-state index in [-0.39, 0.29) is 5.91 Å². The zero-order valence-electron chi connectivity index (χ0n) is 14.4. The Morgan fingerprint density at radius 2 is 1.72 bits per heavy atom. The van der Waals surface area contributed by atoms with E-state index in [9.17, 15) is 9.59 Å². The molecule has 0 spiro atoms. The fraction of sp³-hybridized carbons (Fsp3) is 0.158. The van der Waals surface area contributed by atoms with Crippen molar-refractivity contribution >= 4 is 29.5 Å². The van der Waals surface area contributed by atoms with Crippen molar-refractivity contribution in [3.05, 3.63) is 60.2 Å². The van der Waals surface area contributed by atoms with Crippen LogP contribution >= 0.6 is 0 Å². The van der Waals surface area contributed by atoms with Crippen LogP contribution in [0.25, 0.3) is 6.08 Å². The number of ether oxygens (including phenoxy) is 2. The molecule has 0 aliphatic rings. The third-order valence-electron chi connectivity index (χ3n) is 3.52. The second-order valence-electron chi connectivity index (χ2n) is 5.14. The van der Waals surface area contributed by atoms with E-state index < -0.39 is 6.09 Å². The third-order valence-corrected chi connectivity index (χ3v) is 3.52. The number of hydrogen-bond donors (Lipinski definition) is 1. The second-order valence-corrected chi connectivity index (χ2v) is 5.14. The van der Waals surface area contributed by atoms with Crippen LogP contribution in [0, 0.1) is 0 Å². The Bertz CT molecular complexity index is 769. The standard InChI is InChI=1S/C19H20N2O4/c1-21(19(23)25-3)16-11-9-15(10-12-16)20-18(22)13-8-14-6-4-5-7-17(14)24-2/h4-13H,1-3H3,(H,20,22). The van der Waals surface area contributed by atoms with Gasteiger partial charge in [0.15, 0.2) is 0 Å². The monoisotopic (exact) mass is 340 g/mol. The summed E-state index contributed by atoms with van der Waals surface area (Å²) in [6.45, 7) is 0. The van der Waals surface area contributed by atoms with Crippen LogP contribution < -0.4 is 15.0 Å². The molecule has 0 aliphatic carbocycles. The molecule has 6 heteroatoms. The zero-order chi connectivity index (χ0) is 18.2. The average Bonchev–Trinajstić information content (AvgIpc) is 2.66. The summed E-state index contributed by atoms with van der Waals surface area (Å²) >= 11 is 0. The number of hydrogen-bond acceptors (Lipinski definition) is 4. The summed E-state index contributed by atoms with van der Waals surface area (Å²) in [7, 11) is 4.51. The summed E-state index contributed by atoms with van der Waals surface area (Å²) in [5.41, 5.74) is 2.10. The average molecular weight is 340 g/mol. The molecule has 2 aromatic rings. The quantitative estimate of drug-likeness (QED) is 0.845.